The first kappa shape index (κ1) is 15.2. The molecule has 6 nitrogen and oxygen atoms in total. The molecular weight excluding hydrogens is 278 g/mol. The molecule has 120 valence electrons. The maximum absolute atomic E-state index is 12.3. The third-order valence-corrected chi connectivity index (χ3v) is 4.84. The fourth-order valence-electron chi connectivity index (χ4n) is 3.48. The second-order valence-electron chi connectivity index (χ2n) is 6.33. The van der Waals surface area contributed by atoms with E-state index in [1.165, 1.54) is 19.3 Å². The molecule has 3 N–H and O–H groups in total. The van der Waals surface area contributed by atoms with E-state index in [-0.39, 0.29) is 11.9 Å². The molecule has 0 spiro atoms. The monoisotopic (exact) mass is 303 g/mol. The van der Waals surface area contributed by atoms with Crippen molar-refractivity contribution in [1.29, 1.82) is 0 Å². The van der Waals surface area contributed by atoms with Crippen LogP contribution >= 0.6 is 0 Å². The standard InChI is InChI=1S/C16H25N5O/c17-11-12-5-1-2-6-13(12)18-16(22)14-7-8-15(20-19-14)21-9-3-4-10-21/h7-8,12-13H,1-6,9-11,17H2,(H,18,22). The number of carbonyl (C=O) groups is 1. The fraction of sp³-hybridized carbons (Fsp3) is 0.688. The van der Waals surface area contributed by atoms with Crippen molar-refractivity contribution < 1.29 is 4.79 Å². The number of hydrogen-bond donors (Lipinski definition) is 2. The van der Waals surface area contributed by atoms with E-state index in [2.05, 4.69) is 20.4 Å². The topological polar surface area (TPSA) is 84.1 Å². The van der Waals surface area contributed by atoms with E-state index in [4.69, 9.17) is 5.73 Å². The highest BCUT2D eigenvalue weighted by molar-refractivity contribution is 5.92. The summed E-state index contributed by atoms with van der Waals surface area (Å²) in [4.78, 5) is 14.5. The second kappa shape index (κ2) is 7.05. The van der Waals surface area contributed by atoms with E-state index in [1.807, 2.05) is 6.07 Å². The van der Waals surface area contributed by atoms with Crippen LogP contribution in [-0.2, 0) is 0 Å². The second-order valence-corrected chi connectivity index (χ2v) is 6.33. The van der Waals surface area contributed by atoms with Crippen molar-refractivity contribution in [1.82, 2.24) is 15.5 Å². The van der Waals surface area contributed by atoms with Gasteiger partial charge in [0.05, 0.1) is 0 Å². The number of rotatable bonds is 4. The maximum Gasteiger partial charge on any atom is 0.272 e. The minimum Gasteiger partial charge on any atom is -0.355 e. The Balaban J connectivity index is 1.61. The van der Waals surface area contributed by atoms with E-state index in [0.29, 0.717) is 18.2 Å². The van der Waals surface area contributed by atoms with Crippen molar-refractivity contribution >= 4 is 11.7 Å². The summed E-state index contributed by atoms with van der Waals surface area (Å²) in [6.45, 7) is 2.69. The smallest absolute Gasteiger partial charge is 0.272 e. The number of nitrogens with zero attached hydrogens (tertiary/aromatic N) is 3. The van der Waals surface area contributed by atoms with Crippen LogP contribution in [0.4, 0.5) is 5.82 Å². The van der Waals surface area contributed by atoms with Crippen molar-refractivity contribution in [3.63, 3.8) is 0 Å². The summed E-state index contributed by atoms with van der Waals surface area (Å²) in [6, 6.07) is 3.84. The van der Waals surface area contributed by atoms with Gasteiger partial charge in [0, 0.05) is 19.1 Å². The highest BCUT2D eigenvalue weighted by Gasteiger charge is 2.26. The molecule has 2 atom stereocenters. The lowest BCUT2D eigenvalue weighted by Gasteiger charge is -2.31. The SMILES string of the molecule is NCC1CCCCC1NC(=O)c1ccc(N2CCCC2)nn1. The average molecular weight is 303 g/mol. The number of amides is 1. The van der Waals surface area contributed by atoms with Gasteiger partial charge in [-0.05, 0) is 50.3 Å². The maximum atomic E-state index is 12.3. The van der Waals surface area contributed by atoms with Gasteiger partial charge in [0.25, 0.3) is 5.91 Å². The number of aromatic nitrogens is 2. The van der Waals surface area contributed by atoms with Gasteiger partial charge in [-0.15, -0.1) is 10.2 Å². The Bertz CT molecular complexity index is 498. The number of nitrogens with one attached hydrogen (secondary N) is 1. The molecule has 0 aromatic carbocycles. The molecule has 3 rings (SSSR count). The normalized spacial score (nSPS) is 25.2. The van der Waals surface area contributed by atoms with Crippen LogP contribution in [0, 0.1) is 5.92 Å². The van der Waals surface area contributed by atoms with Crippen molar-refractivity contribution in [3.8, 4) is 0 Å². The van der Waals surface area contributed by atoms with Crippen LogP contribution in [0.5, 0.6) is 0 Å². The zero-order valence-corrected chi connectivity index (χ0v) is 13.0. The molecular formula is C16H25N5O. The van der Waals surface area contributed by atoms with Gasteiger partial charge in [0.2, 0.25) is 0 Å². The molecule has 2 heterocycles. The predicted molar refractivity (Wildman–Crippen MR) is 85.7 cm³/mol. The van der Waals surface area contributed by atoms with Crippen molar-refractivity contribution in [2.75, 3.05) is 24.5 Å². The van der Waals surface area contributed by atoms with Crippen LogP contribution in [0.25, 0.3) is 0 Å². The zero-order chi connectivity index (χ0) is 15.4. The van der Waals surface area contributed by atoms with E-state index < -0.39 is 0 Å². The molecule has 1 aromatic rings. The molecule has 1 aliphatic heterocycles. The van der Waals surface area contributed by atoms with Crippen molar-refractivity contribution in [3.05, 3.63) is 17.8 Å². The third-order valence-electron chi connectivity index (χ3n) is 4.84. The van der Waals surface area contributed by atoms with Gasteiger partial charge in [-0.1, -0.05) is 12.8 Å². The van der Waals surface area contributed by atoms with Crippen LogP contribution in [-0.4, -0.2) is 41.8 Å². The Hall–Kier alpha value is -1.69. The molecule has 2 fully saturated rings. The van der Waals surface area contributed by atoms with Crippen LogP contribution < -0.4 is 16.0 Å². The van der Waals surface area contributed by atoms with Crippen LogP contribution in [0.15, 0.2) is 12.1 Å². The first-order chi connectivity index (χ1) is 10.8. The molecule has 6 heteroatoms. The summed E-state index contributed by atoms with van der Waals surface area (Å²) >= 11 is 0. The van der Waals surface area contributed by atoms with E-state index in [0.717, 1.165) is 38.2 Å². The van der Waals surface area contributed by atoms with Gasteiger partial charge in [0.1, 0.15) is 0 Å². The summed E-state index contributed by atoms with van der Waals surface area (Å²) in [6.07, 6.45) is 6.87. The molecule has 1 aliphatic carbocycles. The summed E-state index contributed by atoms with van der Waals surface area (Å²) < 4.78 is 0. The van der Waals surface area contributed by atoms with Crippen LogP contribution in [0.2, 0.25) is 0 Å². The molecule has 2 unspecified atom stereocenters. The lowest BCUT2D eigenvalue weighted by Crippen LogP contribution is -2.45. The molecule has 2 aliphatic rings. The fourth-order valence-corrected chi connectivity index (χ4v) is 3.48. The van der Waals surface area contributed by atoms with E-state index in [9.17, 15) is 4.79 Å². The van der Waals surface area contributed by atoms with Gasteiger partial charge in [-0.25, -0.2) is 0 Å². The van der Waals surface area contributed by atoms with Gasteiger partial charge < -0.3 is 16.0 Å². The lowest BCUT2D eigenvalue weighted by atomic mass is 9.84. The zero-order valence-electron chi connectivity index (χ0n) is 13.0. The minimum absolute atomic E-state index is 0.133. The van der Waals surface area contributed by atoms with E-state index in [1.54, 1.807) is 6.07 Å². The van der Waals surface area contributed by atoms with E-state index >= 15 is 0 Å². The number of nitrogens with two attached hydrogens (primary N) is 1. The van der Waals surface area contributed by atoms with Gasteiger partial charge in [-0.3, -0.25) is 4.79 Å². The number of anilines is 1. The Morgan fingerprint density at radius 2 is 1.95 bits per heavy atom. The molecule has 1 saturated carbocycles. The minimum atomic E-state index is -0.133. The summed E-state index contributed by atoms with van der Waals surface area (Å²) in [5, 5.41) is 11.4. The number of hydrogen-bond acceptors (Lipinski definition) is 5. The Morgan fingerprint density at radius 1 is 1.18 bits per heavy atom. The Kier molecular flexibility index (Phi) is 4.87. The summed E-state index contributed by atoms with van der Waals surface area (Å²) in [5.74, 6) is 1.12. The quantitative estimate of drug-likeness (QED) is 0.876. The first-order valence-corrected chi connectivity index (χ1v) is 8.37. The molecule has 0 radical (unpaired) electrons. The molecule has 0 bridgehead atoms. The largest absolute Gasteiger partial charge is 0.355 e. The molecule has 1 aromatic heterocycles. The lowest BCUT2D eigenvalue weighted by molar-refractivity contribution is 0.0902. The van der Waals surface area contributed by atoms with Crippen molar-refractivity contribution in [2.45, 2.75) is 44.6 Å². The Morgan fingerprint density at radius 3 is 2.64 bits per heavy atom. The summed E-state index contributed by atoms with van der Waals surface area (Å²) in [5.41, 5.74) is 6.21. The third kappa shape index (κ3) is 3.38. The predicted octanol–water partition coefficient (Wildman–Crippen LogP) is 1.32. The molecule has 22 heavy (non-hydrogen) atoms. The van der Waals surface area contributed by atoms with Gasteiger partial charge >= 0.3 is 0 Å². The number of carbonyl (C=O) groups excluding carboxylic acids is 1. The summed E-state index contributed by atoms with van der Waals surface area (Å²) in [7, 11) is 0. The van der Waals surface area contributed by atoms with Crippen molar-refractivity contribution in [2.24, 2.45) is 11.7 Å². The van der Waals surface area contributed by atoms with Crippen LogP contribution in [0.1, 0.15) is 49.0 Å². The highest BCUT2D eigenvalue weighted by Crippen LogP contribution is 2.24. The molecule has 1 amide bonds. The first-order valence-electron chi connectivity index (χ1n) is 8.37. The van der Waals surface area contributed by atoms with Crippen LogP contribution in [0.3, 0.4) is 0 Å². The van der Waals surface area contributed by atoms with Gasteiger partial charge in [-0.2, -0.15) is 0 Å². The highest BCUT2D eigenvalue weighted by atomic mass is 16.2. The molecule has 1 saturated heterocycles. The Labute approximate surface area is 131 Å². The average Bonchev–Trinajstić information content (AvgIpc) is 3.10. The van der Waals surface area contributed by atoms with Gasteiger partial charge in [0.15, 0.2) is 11.5 Å².